The molecule has 9 heteroatoms. The van der Waals surface area contributed by atoms with E-state index < -0.39 is 16.1 Å². The Kier molecular flexibility index (Phi) is 9.25. The number of aliphatic hydroxyl groups is 1. The normalized spacial score (nSPS) is 19.5. The fourth-order valence-corrected chi connectivity index (χ4v) is 6.41. The second-order valence-electron chi connectivity index (χ2n) is 9.91. The van der Waals surface area contributed by atoms with E-state index in [1.165, 1.54) is 4.31 Å². The third kappa shape index (κ3) is 6.78. The highest BCUT2D eigenvalue weighted by atomic mass is 32.2. The SMILES string of the molecule is COc1ccccc1C#Cc1ccc2c(c1)O[C@@H](CN(C)Cc1cccnc1)[C@H](C)CN([C@@H](C)CO)S2(=O)=O. The lowest BCUT2D eigenvalue weighted by Gasteiger charge is -2.37. The lowest BCUT2D eigenvalue weighted by atomic mass is 10.0. The molecule has 2 heterocycles. The first-order valence-electron chi connectivity index (χ1n) is 12.9. The maximum atomic E-state index is 13.7. The summed E-state index contributed by atoms with van der Waals surface area (Å²) >= 11 is 0. The van der Waals surface area contributed by atoms with Crippen molar-refractivity contribution in [2.45, 2.75) is 37.4 Å². The van der Waals surface area contributed by atoms with E-state index in [1.54, 1.807) is 38.4 Å². The number of fused-ring (bicyclic) bond motifs is 1. The standard InChI is InChI=1S/C30H35N3O5S/c1-22-18-33(23(2)21-34)39(35,36)30-14-12-24(11-13-26-9-5-6-10-27(26)37-4)16-28(30)38-29(22)20-32(3)19-25-8-7-15-31-17-25/h5-10,12,14-17,22-23,29,34H,18-21H2,1-4H3/t22-,23+,29+/m1/s1. The minimum absolute atomic E-state index is 0.0671. The highest BCUT2D eigenvalue weighted by Gasteiger charge is 2.38. The maximum Gasteiger partial charge on any atom is 0.247 e. The number of aliphatic hydroxyl groups excluding tert-OH is 1. The average Bonchev–Trinajstić information content (AvgIpc) is 2.94. The van der Waals surface area contributed by atoms with Crippen LogP contribution in [0.25, 0.3) is 0 Å². The van der Waals surface area contributed by atoms with E-state index in [4.69, 9.17) is 9.47 Å². The predicted molar refractivity (Wildman–Crippen MR) is 150 cm³/mol. The van der Waals surface area contributed by atoms with Gasteiger partial charge in [-0.1, -0.05) is 37.0 Å². The Bertz CT molecular complexity index is 1440. The molecule has 0 fully saturated rings. The number of sulfonamides is 1. The monoisotopic (exact) mass is 549 g/mol. The van der Waals surface area contributed by atoms with Gasteiger partial charge in [0.2, 0.25) is 10.0 Å². The molecule has 4 rings (SSSR count). The molecular weight excluding hydrogens is 514 g/mol. The number of nitrogens with zero attached hydrogens (tertiary/aromatic N) is 3. The van der Waals surface area contributed by atoms with Gasteiger partial charge in [0.25, 0.3) is 0 Å². The Morgan fingerprint density at radius 2 is 2.00 bits per heavy atom. The van der Waals surface area contributed by atoms with E-state index in [-0.39, 0.29) is 35.8 Å². The first kappa shape index (κ1) is 28.6. The second-order valence-corrected chi connectivity index (χ2v) is 11.8. The van der Waals surface area contributed by atoms with Crippen LogP contribution in [0.15, 0.2) is 71.9 Å². The van der Waals surface area contributed by atoms with Crippen molar-refractivity contribution in [2.24, 2.45) is 5.92 Å². The van der Waals surface area contributed by atoms with Crippen LogP contribution in [0.4, 0.5) is 0 Å². The van der Waals surface area contributed by atoms with Gasteiger partial charge < -0.3 is 14.6 Å². The average molecular weight is 550 g/mol. The molecule has 1 aliphatic rings. The number of aromatic nitrogens is 1. The van der Waals surface area contributed by atoms with Gasteiger partial charge in [0.05, 0.1) is 19.3 Å². The molecule has 0 saturated carbocycles. The third-order valence-corrected chi connectivity index (χ3v) is 8.80. The van der Waals surface area contributed by atoms with Gasteiger partial charge in [-0.25, -0.2) is 8.42 Å². The molecule has 1 aromatic heterocycles. The summed E-state index contributed by atoms with van der Waals surface area (Å²) < 4.78 is 40.7. The zero-order chi connectivity index (χ0) is 28.0. The summed E-state index contributed by atoms with van der Waals surface area (Å²) in [5.74, 6) is 7.00. The highest BCUT2D eigenvalue weighted by Crippen LogP contribution is 2.34. The van der Waals surface area contributed by atoms with Crippen molar-refractivity contribution in [1.82, 2.24) is 14.2 Å². The van der Waals surface area contributed by atoms with Crippen molar-refractivity contribution in [2.75, 3.05) is 33.9 Å². The number of hydrogen-bond acceptors (Lipinski definition) is 7. The Balaban J connectivity index is 1.71. The summed E-state index contributed by atoms with van der Waals surface area (Å²) in [6.45, 7) is 4.87. The van der Waals surface area contributed by atoms with Gasteiger partial charge >= 0.3 is 0 Å². The van der Waals surface area contributed by atoms with Crippen molar-refractivity contribution in [3.8, 4) is 23.3 Å². The van der Waals surface area contributed by atoms with Gasteiger partial charge in [0, 0.05) is 49.6 Å². The van der Waals surface area contributed by atoms with Crippen molar-refractivity contribution < 1.29 is 23.0 Å². The molecule has 39 heavy (non-hydrogen) atoms. The molecule has 206 valence electrons. The number of para-hydroxylation sites is 1. The van der Waals surface area contributed by atoms with Crippen molar-refractivity contribution in [3.63, 3.8) is 0 Å². The first-order chi connectivity index (χ1) is 18.7. The van der Waals surface area contributed by atoms with E-state index in [2.05, 4.69) is 21.7 Å². The van der Waals surface area contributed by atoms with Crippen LogP contribution in [-0.4, -0.2) is 73.7 Å². The fourth-order valence-electron chi connectivity index (χ4n) is 4.58. The molecule has 1 N–H and O–H groups in total. The van der Waals surface area contributed by atoms with Crippen molar-refractivity contribution >= 4 is 10.0 Å². The number of benzene rings is 2. The van der Waals surface area contributed by atoms with Crippen molar-refractivity contribution in [1.29, 1.82) is 0 Å². The topological polar surface area (TPSA) is 92.2 Å². The fraction of sp³-hybridized carbons (Fsp3) is 0.367. The van der Waals surface area contributed by atoms with Crippen molar-refractivity contribution in [3.05, 3.63) is 83.7 Å². The molecule has 0 spiro atoms. The molecule has 0 radical (unpaired) electrons. The van der Waals surface area contributed by atoms with E-state index in [0.717, 1.165) is 11.1 Å². The number of rotatable bonds is 7. The van der Waals surface area contributed by atoms with Gasteiger partial charge in [-0.05, 0) is 55.9 Å². The minimum Gasteiger partial charge on any atom is -0.495 e. The van der Waals surface area contributed by atoms with Crippen LogP contribution >= 0.6 is 0 Å². The lowest BCUT2D eigenvalue weighted by Crippen LogP contribution is -2.49. The van der Waals surface area contributed by atoms with Crippen LogP contribution < -0.4 is 9.47 Å². The molecular formula is C30H35N3O5S. The van der Waals surface area contributed by atoms with Crippen LogP contribution in [0.3, 0.4) is 0 Å². The Labute approximate surface area is 231 Å². The zero-order valence-corrected chi connectivity index (χ0v) is 23.6. The number of pyridine rings is 1. The molecule has 0 aliphatic carbocycles. The van der Waals surface area contributed by atoms with Gasteiger partial charge in [0.15, 0.2) is 0 Å². The summed E-state index contributed by atoms with van der Waals surface area (Å²) in [6, 6.07) is 15.7. The summed E-state index contributed by atoms with van der Waals surface area (Å²) in [5, 5.41) is 9.88. The number of ether oxygens (including phenoxy) is 2. The molecule has 0 saturated heterocycles. The molecule has 3 aromatic rings. The quantitative estimate of drug-likeness (QED) is 0.452. The van der Waals surface area contributed by atoms with Crippen LogP contribution in [-0.2, 0) is 16.6 Å². The second kappa shape index (κ2) is 12.6. The molecule has 3 atom stereocenters. The highest BCUT2D eigenvalue weighted by molar-refractivity contribution is 7.89. The summed E-state index contributed by atoms with van der Waals surface area (Å²) in [7, 11) is -0.327. The largest absolute Gasteiger partial charge is 0.495 e. The van der Waals surface area contributed by atoms with E-state index in [9.17, 15) is 13.5 Å². The number of likely N-dealkylation sites (N-methyl/N-ethyl adjacent to an activating group) is 1. The smallest absolute Gasteiger partial charge is 0.247 e. The Hall–Kier alpha value is -3.42. The molecule has 1 aliphatic heterocycles. The van der Waals surface area contributed by atoms with Crippen LogP contribution in [0.2, 0.25) is 0 Å². The molecule has 2 aromatic carbocycles. The maximum absolute atomic E-state index is 13.7. The molecule has 0 amide bonds. The Morgan fingerprint density at radius 3 is 2.72 bits per heavy atom. The van der Waals surface area contributed by atoms with E-state index >= 15 is 0 Å². The molecule has 8 nitrogen and oxygen atoms in total. The van der Waals surface area contributed by atoms with Crippen LogP contribution in [0.1, 0.15) is 30.5 Å². The predicted octanol–water partition coefficient (Wildman–Crippen LogP) is 3.39. The third-order valence-electron chi connectivity index (χ3n) is 6.78. The number of methoxy groups -OCH3 is 1. The van der Waals surface area contributed by atoms with E-state index in [0.29, 0.717) is 24.4 Å². The summed E-state index contributed by atoms with van der Waals surface area (Å²) in [6.07, 6.45) is 3.26. The van der Waals surface area contributed by atoms with Gasteiger partial charge in [-0.3, -0.25) is 9.88 Å². The lowest BCUT2D eigenvalue weighted by molar-refractivity contribution is 0.0733. The Morgan fingerprint density at radius 1 is 1.21 bits per heavy atom. The van der Waals surface area contributed by atoms with Gasteiger partial charge in [-0.15, -0.1) is 0 Å². The van der Waals surface area contributed by atoms with E-state index in [1.807, 2.05) is 56.6 Å². The minimum atomic E-state index is -3.92. The van der Waals surface area contributed by atoms with Gasteiger partial charge in [-0.2, -0.15) is 4.31 Å². The number of hydrogen-bond donors (Lipinski definition) is 1. The first-order valence-corrected chi connectivity index (χ1v) is 14.3. The molecule has 0 bridgehead atoms. The summed E-state index contributed by atoms with van der Waals surface area (Å²) in [5.41, 5.74) is 2.42. The molecule has 0 unspecified atom stereocenters. The van der Waals surface area contributed by atoms with Crippen LogP contribution in [0.5, 0.6) is 11.5 Å². The van der Waals surface area contributed by atoms with Gasteiger partial charge in [0.1, 0.15) is 22.5 Å². The zero-order valence-electron chi connectivity index (χ0n) is 22.7. The summed E-state index contributed by atoms with van der Waals surface area (Å²) in [4.78, 5) is 6.40. The van der Waals surface area contributed by atoms with Crippen LogP contribution in [0, 0.1) is 17.8 Å².